The molecule has 1 aromatic heterocycles. The van der Waals surface area contributed by atoms with Crippen LogP contribution in [0.25, 0.3) is 10.9 Å². The van der Waals surface area contributed by atoms with Crippen LogP contribution in [0.4, 0.5) is 0 Å². The minimum Gasteiger partial charge on any atom is -0.347 e. The Bertz CT molecular complexity index is 1010. The third-order valence-electron chi connectivity index (χ3n) is 7.11. The van der Waals surface area contributed by atoms with Gasteiger partial charge in [0, 0.05) is 29.2 Å². The molecule has 2 heterocycles. The highest BCUT2D eigenvalue weighted by molar-refractivity contribution is 6.07. The Morgan fingerprint density at radius 3 is 2.41 bits per heavy atom. The van der Waals surface area contributed by atoms with Crippen LogP contribution in [0.3, 0.4) is 0 Å². The predicted molar refractivity (Wildman–Crippen MR) is 102 cm³/mol. The Hall–Kier alpha value is -2.69. The molecule has 27 heavy (non-hydrogen) atoms. The summed E-state index contributed by atoms with van der Waals surface area (Å²) in [6.45, 7) is 2.96. The van der Waals surface area contributed by atoms with Crippen LogP contribution in [0.5, 0.6) is 0 Å². The quantitative estimate of drug-likeness (QED) is 0.480. The number of nitrogens with zero attached hydrogens (tertiary/aromatic N) is 3. The monoisotopic (exact) mass is 359 g/mol. The van der Waals surface area contributed by atoms with E-state index < -0.39 is 0 Å². The minimum atomic E-state index is -0.189. The molecule has 1 saturated heterocycles. The summed E-state index contributed by atoms with van der Waals surface area (Å²) in [7, 11) is 0. The molecule has 2 aromatic rings. The number of hydrogen-bond acceptors (Lipinski definition) is 3. The highest BCUT2D eigenvalue weighted by atomic mass is 16.2. The van der Waals surface area contributed by atoms with Crippen LogP contribution in [0.2, 0.25) is 0 Å². The number of fused-ring (bicyclic) bond motifs is 1. The van der Waals surface area contributed by atoms with Gasteiger partial charge in [-0.1, -0.05) is 30.4 Å². The summed E-state index contributed by atoms with van der Waals surface area (Å²) in [6, 6.07) is 8.14. The number of aromatic nitrogens is 1. The molecular weight excluding hydrogens is 338 g/mol. The number of imide groups is 1. The Balaban J connectivity index is 1.35. The number of para-hydroxylation sites is 1. The van der Waals surface area contributed by atoms with Crippen molar-refractivity contribution in [2.45, 2.75) is 19.9 Å². The lowest BCUT2D eigenvalue weighted by Gasteiger charge is -2.37. The van der Waals surface area contributed by atoms with E-state index in [1.54, 1.807) is 6.21 Å². The van der Waals surface area contributed by atoms with Crippen molar-refractivity contribution in [3.63, 3.8) is 0 Å². The lowest BCUT2D eigenvalue weighted by Crippen LogP contribution is -2.40. The van der Waals surface area contributed by atoms with Crippen molar-refractivity contribution in [1.29, 1.82) is 0 Å². The summed E-state index contributed by atoms with van der Waals surface area (Å²) >= 11 is 0. The third-order valence-corrected chi connectivity index (χ3v) is 7.11. The first kappa shape index (κ1) is 15.4. The first-order chi connectivity index (χ1) is 13.2. The Morgan fingerprint density at radius 1 is 1.07 bits per heavy atom. The zero-order chi connectivity index (χ0) is 18.3. The maximum Gasteiger partial charge on any atom is 0.254 e. The van der Waals surface area contributed by atoms with Gasteiger partial charge in [0.15, 0.2) is 0 Å². The predicted octanol–water partition coefficient (Wildman–Crippen LogP) is 3.05. The fraction of sp³-hybridized carbons (Fsp3) is 0.409. The van der Waals surface area contributed by atoms with Crippen molar-refractivity contribution in [3.05, 3.63) is 48.2 Å². The topological polar surface area (TPSA) is 54.7 Å². The van der Waals surface area contributed by atoms with Crippen molar-refractivity contribution in [3.8, 4) is 0 Å². The molecule has 5 heteroatoms. The van der Waals surface area contributed by atoms with Crippen molar-refractivity contribution in [2.24, 2.45) is 40.6 Å². The van der Waals surface area contributed by atoms with Gasteiger partial charge < -0.3 is 4.57 Å². The van der Waals surface area contributed by atoms with Gasteiger partial charge in [0.2, 0.25) is 0 Å². The normalized spacial score (nSPS) is 36.1. The van der Waals surface area contributed by atoms with Crippen molar-refractivity contribution < 1.29 is 9.59 Å². The summed E-state index contributed by atoms with van der Waals surface area (Å²) in [5, 5.41) is 6.63. The van der Waals surface area contributed by atoms with Gasteiger partial charge in [0.1, 0.15) is 0 Å². The molecule has 2 saturated carbocycles. The van der Waals surface area contributed by atoms with E-state index in [1.165, 1.54) is 6.42 Å². The average molecular weight is 359 g/mol. The number of benzene rings is 1. The summed E-state index contributed by atoms with van der Waals surface area (Å²) in [5.41, 5.74) is 2.07. The van der Waals surface area contributed by atoms with E-state index in [2.05, 4.69) is 34.8 Å². The van der Waals surface area contributed by atoms with E-state index in [1.807, 2.05) is 24.4 Å². The van der Waals surface area contributed by atoms with Crippen LogP contribution in [0.15, 0.2) is 47.7 Å². The zero-order valence-corrected chi connectivity index (χ0v) is 15.2. The summed E-state index contributed by atoms with van der Waals surface area (Å²) in [4.78, 5) is 26.0. The van der Waals surface area contributed by atoms with E-state index in [9.17, 15) is 9.59 Å². The van der Waals surface area contributed by atoms with E-state index in [0.29, 0.717) is 11.8 Å². The number of carbonyl (C=O) groups excluding carboxylic acids is 2. The second-order valence-corrected chi connectivity index (χ2v) is 8.28. The van der Waals surface area contributed by atoms with Gasteiger partial charge in [-0.05, 0) is 43.1 Å². The van der Waals surface area contributed by atoms with E-state index in [0.717, 1.165) is 28.0 Å². The molecule has 2 bridgehead atoms. The fourth-order valence-electron chi connectivity index (χ4n) is 5.81. The number of hydrogen-bond donors (Lipinski definition) is 0. The highest BCUT2D eigenvalue weighted by Crippen LogP contribution is 2.65. The minimum absolute atomic E-state index is 0.106. The molecule has 4 aliphatic carbocycles. The molecule has 0 unspecified atom stereocenters. The molecular formula is C22H21N3O2. The number of amides is 2. The number of rotatable bonds is 3. The first-order valence-corrected chi connectivity index (χ1v) is 9.87. The number of hydrazone groups is 1. The molecule has 1 aromatic carbocycles. The first-order valence-electron chi connectivity index (χ1n) is 9.87. The van der Waals surface area contributed by atoms with Crippen molar-refractivity contribution in [2.75, 3.05) is 0 Å². The smallest absolute Gasteiger partial charge is 0.254 e. The van der Waals surface area contributed by atoms with Gasteiger partial charge in [0.05, 0.1) is 18.1 Å². The highest BCUT2D eigenvalue weighted by Gasteiger charge is 2.67. The molecule has 6 atom stereocenters. The van der Waals surface area contributed by atoms with Crippen LogP contribution in [-0.4, -0.2) is 27.6 Å². The lowest BCUT2D eigenvalue weighted by molar-refractivity contribution is -0.140. The summed E-state index contributed by atoms with van der Waals surface area (Å²) in [5.74, 6) is 1.12. The van der Waals surface area contributed by atoms with Gasteiger partial charge in [0.25, 0.3) is 11.8 Å². The molecule has 0 spiro atoms. The molecule has 0 N–H and O–H groups in total. The molecule has 1 aliphatic heterocycles. The standard InChI is InChI=1S/C22H21N3O2/c1-2-24-11-12(13-5-3-4-6-18(13)24)10-23-25-21(26)19-14-7-8-15(17-9-16(14)17)20(19)22(25)27/h3-8,10-11,14-17,19-20H,2,9H2,1H3/b23-10-/t14-,15-,16-,17-,19+,20+/m0/s1. The third kappa shape index (κ3) is 1.92. The van der Waals surface area contributed by atoms with E-state index in [-0.39, 0.29) is 35.5 Å². The molecule has 136 valence electrons. The summed E-state index contributed by atoms with van der Waals surface area (Å²) in [6.07, 6.45) is 9.26. The Labute approximate surface area is 157 Å². The molecule has 0 radical (unpaired) electrons. The summed E-state index contributed by atoms with van der Waals surface area (Å²) < 4.78 is 2.15. The van der Waals surface area contributed by atoms with E-state index in [4.69, 9.17) is 0 Å². The largest absolute Gasteiger partial charge is 0.347 e. The van der Waals surface area contributed by atoms with Gasteiger partial charge in [-0.2, -0.15) is 10.1 Å². The average Bonchev–Trinajstić information content (AvgIpc) is 3.40. The second-order valence-electron chi connectivity index (χ2n) is 8.28. The van der Waals surface area contributed by atoms with Crippen molar-refractivity contribution in [1.82, 2.24) is 9.58 Å². The number of carbonyl (C=O) groups is 2. The lowest BCUT2D eigenvalue weighted by atomic mass is 9.63. The van der Waals surface area contributed by atoms with Crippen LogP contribution in [0.1, 0.15) is 18.9 Å². The maximum atomic E-state index is 13.0. The van der Waals surface area contributed by atoms with Gasteiger partial charge in [-0.25, -0.2) is 0 Å². The molecule has 3 fully saturated rings. The van der Waals surface area contributed by atoms with Crippen LogP contribution < -0.4 is 0 Å². The Morgan fingerprint density at radius 2 is 1.74 bits per heavy atom. The fourth-order valence-corrected chi connectivity index (χ4v) is 5.81. The van der Waals surface area contributed by atoms with E-state index >= 15 is 0 Å². The molecule has 2 amide bonds. The van der Waals surface area contributed by atoms with Gasteiger partial charge >= 0.3 is 0 Å². The van der Waals surface area contributed by atoms with Crippen LogP contribution in [0, 0.1) is 35.5 Å². The number of allylic oxidation sites excluding steroid dienone is 2. The SMILES string of the molecule is CCn1cc(/C=N\N2C(=O)[C@@H]3[C@H]4C=C[C@@H]([C@@H]5C[C@@H]45)[C@H]3C2=O)c2ccccc21. The number of aryl methyl sites for hydroxylation is 1. The van der Waals surface area contributed by atoms with Crippen molar-refractivity contribution >= 4 is 28.9 Å². The van der Waals surface area contributed by atoms with Crippen LogP contribution in [-0.2, 0) is 16.1 Å². The van der Waals surface area contributed by atoms with Gasteiger partial charge in [-0.3, -0.25) is 9.59 Å². The molecule has 7 rings (SSSR count). The van der Waals surface area contributed by atoms with Crippen LogP contribution >= 0.6 is 0 Å². The maximum absolute atomic E-state index is 13.0. The molecule has 5 aliphatic rings. The second kappa shape index (κ2) is 5.18. The Kier molecular flexibility index (Phi) is 2.95. The van der Waals surface area contributed by atoms with Gasteiger partial charge in [-0.15, -0.1) is 0 Å². The molecule has 5 nitrogen and oxygen atoms in total. The zero-order valence-electron chi connectivity index (χ0n) is 15.2.